The Kier molecular flexibility index (Phi) is 6.60. The van der Waals surface area contributed by atoms with E-state index in [-0.39, 0.29) is 24.4 Å². The van der Waals surface area contributed by atoms with Crippen molar-refractivity contribution in [1.82, 2.24) is 10.2 Å². The molecular formula is C22H27N3O2. The zero-order valence-corrected chi connectivity index (χ0v) is 15.8. The van der Waals surface area contributed by atoms with Crippen molar-refractivity contribution < 1.29 is 9.59 Å². The molecule has 3 rings (SSSR count). The molecule has 2 aromatic carbocycles. The van der Waals surface area contributed by atoms with E-state index in [1.807, 2.05) is 60.7 Å². The van der Waals surface area contributed by atoms with E-state index in [1.165, 1.54) is 0 Å². The molecule has 1 saturated heterocycles. The highest BCUT2D eigenvalue weighted by molar-refractivity contribution is 5.96. The Morgan fingerprint density at radius 1 is 1.11 bits per heavy atom. The molecule has 1 heterocycles. The first-order valence-electron chi connectivity index (χ1n) is 9.58. The topological polar surface area (TPSA) is 52.7 Å². The number of hydrogen-bond acceptors (Lipinski definition) is 3. The standard InChI is InChI=1S/C22H27N3O2/c1-2-9-19-14-21(26)24(17-23-19)16-22(27)25(20-12-7-4-8-13-20)15-18-10-5-3-6-11-18/h3-8,10-13,19,23H,2,9,14-17H2,1H3. The highest BCUT2D eigenvalue weighted by atomic mass is 16.2. The van der Waals surface area contributed by atoms with Crippen LogP contribution < -0.4 is 10.2 Å². The van der Waals surface area contributed by atoms with Crippen LogP contribution in [0.5, 0.6) is 0 Å². The molecule has 1 aliphatic heterocycles. The lowest BCUT2D eigenvalue weighted by Gasteiger charge is -2.34. The zero-order valence-electron chi connectivity index (χ0n) is 15.8. The fraction of sp³-hybridized carbons (Fsp3) is 0.364. The number of para-hydroxylation sites is 1. The number of hydrogen-bond donors (Lipinski definition) is 1. The van der Waals surface area contributed by atoms with Crippen LogP contribution in [0.15, 0.2) is 60.7 Å². The van der Waals surface area contributed by atoms with Crippen LogP contribution in [-0.4, -0.2) is 36.0 Å². The van der Waals surface area contributed by atoms with Gasteiger partial charge in [-0.05, 0) is 24.1 Å². The first-order chi connectivity index (χ1) is 13.2. The summed E-state index contributed by atoms with van der Waals surface area (Å²) in [4.78, 5) is 28.9. The summed E-state index contributed by atoms with van der Waals surface area (Å²) in [6.07, 6.45) is 2.49. The Morgan fingerprint density at radius 3 is 2.41 bits per heavy atom. The summed E-state index contributed by atoms with van der Waals surface area (Å²) < 4.78 is 0. The normalized spacial score (nSPS) is 17.0. The number of nitrogens with one attached hydrogen (secondary N) is 1. The van der Waals surface area contributed by atoms with E-state index in [0.29, 0.717) is 19.6 Å². The Labute approximate surface area is 161 Å². The summed E-state index contributed by atoms with van der Waals surface area (Å²) in [6, 6.07) is 19.8. The van der Waals surface area contributed by atoms with Gasteiger partial charge in [-0.15, -0.1) is 0 Å². The van der Waals surface area contributed by atoms with Crippen molar-refractivity contribution in [1.29, 1.82) is 0 Å². The van der Waals surface area contributed by atoms with E-state index < -0.39 is 0 Å². The lowest BCUT2D eigenvalue weighted by atomic mass is 10.1. The fourth-order valence-corrected chi connectivity index (χ4v) is 3.38. The van der Waals surface area contributed by atoms with Gasteiger partial charge in [0.15, 0.2) is 0 Å². The quantitative estimate of drug-likeness (QED) is 0.820. The molecule has 0 saturated carbocycles. The van der Waals surface area contributed by atoms with Gasteiger partial charge in [-0.1, -0.05) is 61.9 Å². The van der Waals surface area contributed by atoms with Crippen LogP contribution in [0, 0.1) is 0 Å². The Bertz CT molecular complexity index is 749. The van der Waals surface area contributed by atoms with Gasteiger partial charge in [0.25, 0.3) is 0 Å². The monoisotopic (exact) mass is 365 g/mol. The SMILES string of the molecule is CCCC1CC(=O)N(CC(=O)N(Cc2ccccc2)c2ccccc2)CN1. The molecule has 0 aromatic heterocycles. The van der Waals surface area contributed by atoms with Crippen molar-refractivity contribution in [3.63, 3.8) is 0 Å². The molecule has 27 heavy (non-hydrogen) atoms. The predicted octanol–water partition coefficient (Wildman–Crippen LogP) is 3.17. The second-order valence-corrected chi connectivity index (χ2v) is 6.94. The fourth-order valence-electron chi connectivity index (χ4n) is 3.38. The molecule has 0 bridgehead atoms. The molecular weight excluding hydrogens is 338 g/mol. The molecule has 0 radical (unpaired) electrons. The third-order valence-corrected chi connectivity index (χ3v) is 4.86. The molecule has 142 valence electrons. The Balaban J connectivity index is 1.71. The maximum Gasteiger partial charge on any atom is 0.246 e. The van der Waals surface area contributed by atoms with Gasteiger partial charge in [-0.3, -0.25) is 14.9 Å². The number of carbonyl (C=O) groups is 2. The largest absolute Gasteiger partial charge is 0.321 e. The van der Waals surface area contributed by atoms with Crippen molar-refractivity contribution in [2.75, 3.05) is 18.1 Å². The smallest absolute Gasteiger partial charge is 0.246 e. The first-order valence-corrected chi connectivity index (χ1v) is 9.58. The molecule has 2 amide bonds. The van der Waals surface area contributed by atoms with Crippen LogP contribution in [0.3, 0.4) is 0 Å². The van der Waals surface area contributed by atoms with Gasteiger partial charge in [0, 0.05) is 18.2 Å². The van der Waals surface area contributed by atoms with Crippen molar-refractivity contribution in [2.45, 2.75) is 38.8 Å². The minimum Gasteiger partial charge on any atom is -0.321 e. The molecule has 1 fully saturated rings. The van der Waals surface area contributed by atoms with E-state index >= 15 is 0 Å². The lowest BCUT2D eigenvalue weighted by Crippen LogP contribution is -2.53. The summed E-state index contributed by atoms with van der Waals surface area (Å²) >= 11 is 0. The first kappa shape index (κ1) is 19.1. The molecule has 2 aromatic rings. The van der Waals surface area contributed by atoms with Crippen molar-refractivity contribution >= 4 is 17.5 Å². The van der Waals surface area contributed by atoms with Crippen LogP contribution in [0.2, 0.25) is 0 Å². The maximum atomic E-state index is 13.1. The Hall–Kier alpha value is -2.66. The van der Waals surface area contributed by atoms with Gasteiger partial charge in [0.1, 0.15) is 6.54 Å². The van der Waals surface area contributed by atoms with Crippen LogP contribution in [-0.2, 0) is 16.1 Å². The van der Waals surface area contributed by atoms with E-state index in [9.17, 15) is 9.59 Å². The number of amides is 2. The van der Waals surface area contributed by atoms with Gasteiger partial charge in [-0.25, -0.2) is 0 Å². The van der Waals surface area contributed by atoms with Crippen molar-refractivity contribution in [3.05, 3.63) is 66.2 Å². The molecule has 1 N–H and O–H groups in total. The van der Waals surface area contributed by atoms with E-state index in [0.717, 1.165) is 24.1 Å². The summed E-state index contributed by atoms with van der Waals surface area (Å²) in [7, 11) is 0. The van der Waals surface area contributed by atoms with Crippen LogP contribution in [0.25, 0.3) is 0 Å². The second-order valence-electron chi connectivity index (χ2n) is 6.94. The molecule has 1 unspecified atom stereocenters. The molecule has 0 spiro atoms. The van der Waals surface area contributed by atoms with E-state index in [4.69, 9.17) is 0 Å². The third kappa shape index (κ3) is 5.17. The van der Waals surface area contributed by atoms with Gasteiger partial charge < -0.3 is 9.80 Å². The van der Waals surface area contributed by atoms with Crippen molar-refractivity contribution in [3.8, 4) is 0 Å². The minimum absolute atomic E-state index is 0.0493. The minimum atomic E-state index is -0.0749. The van der Waals surface area contributed by atoms with Gasteiger partial charge in [-0.2, -0.15) is 0 Å². The maximum absolute atomic E-state index is 13.1. The third-order valence-electron chi connectivity index (χ3n) is 4.86. The van der Waals surface area contributed by atoms with E-state index in [1.54, 1.807) is 9.80 Å². The number of rotatable bonds is 7. The average Bonchev–Trinajstić information content (AvgIpc) is 2.70. The molecule has 1 aliphatic rings. The average molecular weight is 365 g/mol. The lowest BCUT2D eigenvalue weighted by molar-refractivity contribution is -0.138. The molecule has 5 heteroatoms. The van der Waals surface area contributed by atoms with Crippen LogP contribution in [0.1, 0.15) is 31.7 Å². The summed E-state index contributed by atoms with van der Waals surface area (Å²) in [5.74, 6) is -0.0255. The van der Waals surface area contributed by atoms with Crippen LogP contribution in [0.4, 0.5) is 5.69 Å². The number of carbonyl (C=O) groups excluding carboxylic acids is 2. The van der Waals surface area contributed by atoms with Crippen molar-refractivity contribution in [2.24, 2.45) is 0 Å². The zero-order chi connectivity index (χ0) is 19.1. The van der Waals surface area contributed by atoms with Gasteiger partial charge >= 0.3 is 0 Å². The number of anilines is 1. The van der Waals surface area contributed by atoms with Gasteiger partial charge in [0.2, 0.25) is 11.8 Å². The highest BCUT2D eigenvalue weighted by Crippen LogP contribution is 2.18. The molecule has 1 atom stereocenters. The van der Waals surface area contributed by atoms with Crippen LogP contribution >= 0.6 is 0 Å². The molecule has 5 nitrogen and oxygen atoms in total. The predicted molar refractivity (Wildman–Crippen MR) is 107 cm³/mol. The molecule has 0 aliphatic carbocycles. The number of benzene rings is 2. The highest BCUT2D eigenvalue weighted by Gasteiger charge is 2.28. The summed E-state index contributed by atoms with van der Waals surface area (Å²) in [5.41, 5.74) is 1.90. The van der Waals surface area contributed by atoms with E-state index in [2.05, 4.69) is 12.2 Å². The Morgan fingerprint density at radius 2 is 1.78 bits per heavy atom. The second kappa shape index (κ2) is 9.33. The summed E-state index contributed by atoms with van der Waals surface area (Å²) in [6.45, 7) is 3.12. The number of nitrogens with zero attached hydrogens (tertiary/aromatic N) is 2. The summed E-state index contributed by atoms with van der Waals surface area (Å²) in [5, 5.41) is 3.37. The van der Waals surface area contributed by atoms with Gasteiger partial charge in [0.05, 0.1) is 13.2 Å².